The van der Waals surface area contributed by atoms with Gasteiger partial charge in [-0.05, 0) is 49.9 Å². The average molecular weight is 611 g/mol. The van der Waals surface area contributed by atoms with Crippen LogP contribution in [0.25, 0.3) is 10.9 Å². The summed E-state index contributed by atoms with van der Waals surface area (Å²) in [6, 6.07) is 5.41. The van der Waals surface area contributed by atoms with Gasteiger partial charge in [0.1, 0.15) is 17.4 Å². The number of aliphatic carboxylic acids is 2. The smallest absolute Gasteiger partial charge is 0.490 e. The van der Waals surface area contributed by atoms with Crippen molar-refractivity contribution in [3.05, 3.63) is 47.2 Å². The van der Waals surface area contributed by atoms with Crippen LogP contribution in [-0.4, -0.2) is 62.1 Å². The van der Waals surface area contributed by atoms with Crippen LogP contribution in [0.1, 0.15) is 80.7 Å². The number of H-pyrrole nitrogens is 2. The predicted molar refractivity (Wildman–Crippen MR) is 151 cm³/mol. The summed E-state index contributed by atoms with van der Waals surface area (Å²) >= 11 is 0. The van der Waals surface area contributed by atoms with Gasteiger partial charge in [-0.1, -0.05) is 19.8 Å². The Bertz CT molecular complexity index is 1400. The number of ketones is 1. The fraction of sp³-hybridized carbons (Fsp3) is 0.483. The highest BCUT2D eigenvalue weighted by Gasteiger charge is 2.38. The second kappa shape index (κ2) is 16.3. The summed E-state index contributed by atoms with van der Waals surface area (Å²) < 4.78 is 37.1. The first-order valence-electron chi connectivity index (χ1n) is 13.8. The number of carboxylic acid groups (broad SMARTS) is 2. The minimum absolute atomic E-state index is 0.00736. The molecule has 236 valence electrons. The van der Waals surface area contributed by atoms with Gasteiger partial charge in [0.25, 0.3) is 0 Å². The highest BCUT2D eigenvalue weighted by Crippen LogP contribution is 2.27. The maximum atomic E-state index is 13.2. The van der Waals surface area contributed by atoms with Gasteiger partial charge in [-0.2, -0.15) is 13.2 Å². The van der Waals surface area contributed by atoms with Gasteiger partial charge in [0.15, 0.2) is 0 Å². The second-order valence-corrected chi connectivity index (χ2v) is 9.92. The number of fused-ring (bicyclic) bond motifs is 1. The van der Waals surface area contributed by atoms with E-state index in [1.165, 1.54) is 0 Å². The van der Waals surface area contributed by atoms with Gasteiger partial charge in [0.2, 0.25) is 5.91 Å². The van der Waals surface area contributed by atoms with E-state index in [0.29, 0.717) is 31.5 Å². The summed E-state index contributed by atoms with van der Waals surface area (Å²) in [7, 11) is 1.61. The first kappa shape index (κ1) is 34.8. The van der Waals surface area contributed by atoms with Crippen molar-refractivity contribution in [3.8, 4) is 5.75 Å². The van der Waals surface area contributed by atoms with E-state index in [1.807, 2.05) is 32.0 Å². The number of Topliss-reactive ketones (excluding diaryl/α,β-unsaturated/α-hetero) is 1. The molecule has 3 rings (SSSR count). The SMILES string of the molecule is CCC(=O)CCCCC[C@H](NC(=O)Cc1c(C)[nH]c2ccc(OC)cc12)c1ncc(CCC(=O)O)[nH]1.O=C(O)C(F)(F)F. The maximum Gasteiger partial charge on any atom is 0.490 e. The summed E-state index contributed by atoms with van der Waals surface area (Å²) in [5.41, 5.74) is 3.52. The Hall–Kier alpha value is -4.36. The molecule has 0 saturated heterocycles. The fourth-order valence-corrected chi connectivity index (χ4v) is 4.35. The number of benzene rings is 1. The third-order valence-electron chi connectivity index (χ3n) is 6.67. The third-order valence-corrected chi connectivity index (χ3v) is 6.67. The molecule has 3 aromatic rings. The lowest BCUT2D eigenvalue weighted by Crippen LogP contribution is -2.30. The number of unbranched alkanes of at least 4 members (excludes halogenated alkanes) is 2. The van der Waals surface area contributed by atoms with Gasteiger partial charge in [0, 0.05) is 41.3 Å². The zero-order valence-electron chi connectivity index (χ0n) is 24.3. The summed E-state index contributed by atoms with van der Waals surface area (Å²) in [5.74, 6) is -2.15. The predicted octanol–water partition coefficient (Wildman–Crippen LogP) is 5.19. The Labute approximate surface area is 246 Å². The Balaban J connectivity index is 0.000000821. The quantitative estimate of drug-likeness (QED) is 0.146. The van der Waals surface area contributed by atoms with Crippen LogP contribution in [0.4, 0.5) is 13.2 Å². The molecule has 0 unspecified atom stereocenters. The molecule has 14 heteroatoms. The van der Waals surface area contributed by atoms with Crippen LogP contribution in [-0.2, 0) is 32.0 Å². The zero-order chi connectivity index (χ0) is 32.2. The number of hydrogen-bond acceptors (Lipinski definition) is 6. The molecular formula is C29H37F3N4O7. The van der Waals surface area contributed by atoms with Crippen molar-refractivity contribution < 1.29 is 47.3 Å². The number of amides is 1. The summed E-state index contributed by atoms with van der Waals surface area (Å²) in [5, 5.41) is 20.2. The summed E-state index contributed by atoms with van der Waals surface area (Å²) in [4.78, 5) is 55.5. The number of alkyl halides is 3. The molecule has 0 aliphatic heterocycles. The lowest BCUT2D eigenvalue weighted by molar-refractivity contribution is -0.192. The molecule has 0 spiro atoms. The molecule has 0 aliphatic carbocycles. The monoisotopic (exact) mass is 610 g/mol. The number of halogens is 3. The van der Waals surface area contributed by atoms with Gasteiger partial charge in [-0.25, -0.2) is 9.78 Å². The molecule has 0 fully saturated rings. The van der Waals surface area contributed by atoms with E-state index < -0.39 is 18.1 Å². The van der Waals surface area contributed by atoms with E-state index in [2.05, 4.69) is 20.3 Å². The van der Waals surface area contributed by atoms with Crippen LogP contribution in [0.5, 0.6) is 5.75 Å². The molecule has 43 heavy (non-hydrogen) atoms. The van der Waals surface area contributed by atoms with Crippen LogP contribution in [0, 0.1) is 6.92 Å². The fourth-order valence-electron chi connectivity index (χ4n) is 4.35. The van der Waals surface area contributed by atoms with Gasteiger partial charge in [-0.3, -0.25) is 14.4 Å². The minimum Gasteiger partial charge on any atom is -0.497 e. The lowest BCUT2D eigenvalue weighted by Gasteiger charge is -2.17. The van der Waals surface area contributed by atoms with Gasteiger partial charge in [-0.15, -0.1) is 0 Å². The van der Waals surface area contributed by atoms with Crippen LogP contribution in [0.15, 0.2) is 24.4 Å². The number of aromatic amines is 2. The van der Waals surface area contributed by atoms with Crippen molar-refractivity contribution >= 4 is 34.5 Å². The number of imidazole rings is 1. The van der Waals surface area contributed by atoms with Crippen molar-refractivity contribution in [1.82, 2.24) is 20.3 Å². The molecule has 1 amide bonds. The molecule has 0 radical (unpaired) electrons. The van der Waals surface area contributed by atoms with E-state index in [1.54, 1.807) is 13.3 Å². The zero-order valence-corrected chi connectivity index (χ0v) is 24.3. The Kier molecular flexibility index (Phi) is 13.2. The number of carbonyl (C=O) groups is 4. The summed E-state index contributed by atoms with van der Waals surface area (Å²) in [6.45, 7) is 3.82. The van der Waals surface area contributed by atoms with E-state index >= 15 is 0 Å². The molecule has 0 saturated carbocycles. The number of aryl methyl sites for hydroxylation is 2. The maximum absolute atomic E-state index is 13.2. The van der Waals surface area contributed by atoms with E-state index in [4.69, 9.17) is 19.7 Å². The summed E-state index contributed by atoms with van der Waals surface area (Å²) in [6.07, 6.45) is 1.44. The van der Waals surface area contributed by atoms with E-state index in [0.717, 1.165) is 52.9 Å². The molecule has 2 heterocycles. The largest absolute Gasteiger partial charge is 0.497 e. The normalized spacial score (nSPS) is 11.9. The van der Waals surface area contributed by atoms with Crippen molar-refractivity contribution in [2.24, 2.45) is 0 Å². The average Bonchev–Trinajstić information content (AvgIpc) is 3.54. The minimum atomic E-state index is -5.08. The van der Waals surface area contributed by atoms with Gasteiger partial charge >= 0.3 is 18.1 Å². The van der Waals surface area contributed by atoms with Crippen LogP contribution in [0.3, 0.4) is 0 Å². The molecule has 1 atom stereocenters. The van der Waals surface area contributed by atoms with Gasteiger partial charge in [0.05, 0.1) is 26.0 Å². The van der Waals surface area contributed by atoms with E-state index in [9.17, 15) is 27.6 Å². The number of aromatic nitrogens is 3. The van der Waals surface area contributed by atoms with Crippen LogP contribution >= 0.6 is 0 Å². The number of methoxy groups -OCH3 is 1. The van der Waals surface area contributed by atoms with Crippen molar-refractivity contribution in [1.29, 1.82) is 0 Å². The van der Waals surface area contributed by atoms with Crippen LogP contribution in [0.2, 0.25) is 0 Å². The highest BCUT2D eigenvalue weighted by molar-refractivity contribution is 5.91. The number of hydrogen-bond donors (Lipinski definition) is 5. The lowest BCUT2D eigenvalue weighted by atomic mass is 10.0. The topological polar surface area (TPSA) is 174 Å². The molecule has 1 aromatic carbocycles. The first-order chi connectivity index (χ1) is 20.2. The number of carboxylic acids is 2. The van der Waals surface area contributed by atoms with Crippen molar-refractivity contribution in [3.63, 3.8) is 0 Å². The third kappa shape index (κ3) is 11.4. The number of carbonyl (C=O) groups excluding carboxylic acids is 2. The standard InChI is InChI=1S/C27H36N4O5.C2HF3O2/c1-4-19(32)8-6-5-7-9-24(27-28-16-18(30-27)10-13-26(34)35)31-25(33)15-21-17(2)29-23-12-11-20(36-3)14-22(21)23;3-2(4,5)1(6)7/h11-12,14,16,24,29H,4-10,13,15H2,1-3H3,(H,28,30)(H,31,33)(H,34,35);(H,6,7)/t24-;/m0./s1. The number of nitrogens with zero attached hydrogens (tertiary/aromatic N) is 1. The number of ether oxygens (including phenoxy) is 1. The van der Waals surface area contributed by atoms with Crippen molar-refractivity contribution in [2.75, 3.05) is 7.11 Å². The molecule has 11 nitrogen and oxygen atoms in total. The number of rotatable bonds is 15. The Morgan fingerprint density at radius 2 is 1.77 bits per heavy atom. The molecule has 0 aliphatic rings. The Morgan fingerprint density at radius 1 is 1.07 bits per heavy atom. The van der Waals surface area contributed by atoms with Gasteiger partial charge < -0.3 is 30.2 Å². The van der Waals surface area contributed by atoms with Crippen molar-refractivity contribution in [2.45, 2.75) is 83.9 Å². The molecule has 5 N–H and O–H groups in total. The number of nitrogens with one attached hydrogen (secondary N) is 3. The molecular weight excluding hydrogens is 573 g/mol. The first-order valence-corrected chi connectivity index (χ1v) is 13.8. The molecule has 0 bridgehead atoms. The highest BCUT2D eigenvalue weighted by atomic mass is 19.4. The van der Waals surface area contributed by atoms with E-state index in [-0.39, 0.29) is 30.6 Å². The second-order valence-electron chi connectivity index (χ2n) is 9.92. The molecule has 2 aromatic heterocycles. The Morgan fingerprint density at radius 3 is 2.37 bits per heavy atom. The van der Waals surface area contributed by atoms with Crippen LogP contribution < -0.4 is 10.1 Å².